The summed E-state index contributed by atoms with van der Waals surface area (Å²) in [5.41, 5.74) is 4.86. The number of fused-ring (bicyclic) bond motifs is 1. The molecule has 7 nitrogen and oxygen atoms in total. The summed E-state index contributed by atoms with van der Waals surface area (Å²) in [5, 5.41) is 0. The number of benzene rings is 4. The molecule has 0 spiro atoms. The van der Waals surface area contributed by atoms with Crippen molar-refractivity contribution in [3.05, 3.63) is 155 Å². The van der Waals surface area contributed by atoms with Crippen LogP contribution in [0.2, 0.25) is 0 Å². The van der Waals surface area contributed by atoms with Crippen molar-refractivity contribution in [2.24, 2.45) is 0 Å². The monoisotopic (exact) mass is 599 g/mol. The summed E-state index contributed by atoms with van der Waals surface area (Å²) in [7, 11) is 0. The van der Waals surface area contributed by atoms with Gasteiger partial charge < -0.3 is 18.8 Å². The lowest BCUT2D eigenvalue weighted by atomic mass is 9.96. The predicted molar refractivity (Wildman–Crippen MR) is 173 cm³/mol. The van der Waals surface area contributed by atoms with Crippen LogP contribution in [0.3, 0.4) is 0 Å². The first-order chi connectivity index (χ1) is 22.2. The number of carbonyl (C=O) groups is 1. The third-order valence-corrected chi connectivity index (χ3v) is 8.54. The van der Waals surface area contributed by atoms with Crippen LogP contribution in [-0.4, -0.2) is 53.6 Å². The minimum absolute atomic E-state index is 0.0535. The lowest BCUT2D eigenvalue weighted by molar-refractivity contribution is 0.0564. The van der Waals surface area contributed by atoms with Crippen molar-refractivity contribution in [2.75, 3.05) is 33.0 Å². The number of piperazine rings is 1. The average molecular weight is 600 g/mol. The van der Waals surface area contributed by atoms with Gasteiger partial charge in [-0.25, -0.2) is 0 Å². The maximum Gasteiger partial charge on any atom is 0.289 e. The van der Waals surface area contributed by atoms with Gasteiger partial charge >= 0.3 is 0 Å². The number of hydrogen-bond acceptors (Lipinski definition) is 6. The number of nitrogens with zero attached hydrogens (tertiary/aromatic N) is 3. The van der Waals surface area contributed by atoms with Crippen molar-refractivity contribution in [1.29, 1.82) is 0 Å². The fourth-order valence-electron chi connectivity index (χ4n) is 6.33. The Kier molecular flexibility index (Phi) is 8.62. The van der Waals surface area contributed by atoms with E-state index < -0.39 is 0 Å². The number of carbonyl (C=O) groups excluding carboxylic acids is 1. The van der Waals surface area contributed by atoms with Crippen molar-refractivity contribution in [1.82, 2.24) is 14.7 Å². The number of furan rings is 1. The van der Waals surface area contributed by atoms with Crippen molar-refractivity contribution < 1.29 is 18.7 Å². The molecule has 45 heavy (non-hydrogen) atoms. The molecule has 5 aromatic rings. The maximum absolute atomic E-state index is 13.6. The van der Waals surface area contributed by atoms with Crippen molar-refractivity contribution in [3.63, 3.8) is 0 Å². The zero-order chi connectivity index (χ0) is 30.4. The first kappa shape index (κ1) is 28.9. The minimum Gasteiger partial charge on any atom is -0.455 e. The largest absolute Gasteiger partial charge is 0.455 e. The quantitative estimate of drug-likeness (QED) is 0.177. The Balaban J connectivity index is 1.02. The molecule has 2 aliphatic heterocycles. The van der Waals surface area contributed by atoms with E-state index in [0.29, 0.717) is 31.9 Å². The molecule has 3 heterocycles. The Labute approximate surface area is 264 Å². The molecular weight excluding hydrogens is 562 g/mol. The fourth-order valence-corrected chi connectivity index (χ4v) is 6.33. The molecule has 7 heteroatoms. The number of rotatable bonds is 10. The summed E-state index contributed by atoms with van der Waals surface area (Å²) in [6.45, 7) is 5.13. The van der Waals surface area contributed by atoms with E-state index in [1.807, 2.05) is 35.2 Å². The van der Waals surface area contributed by atoms with E-state index >= 15 is 0 Å². The predicted octanol–water partition coefficient (Wildman–Crippen LogP) is 6.76. The Morgan fingerprint density at radius 3 is 1.96 bits per heavy atom. The van der Waals surface area contributed by atoms with Crippen molar-refractivity contribution in [2.45, 2.75) is 25.7 Å². The first-order valence-corrected chi connectivity index (χ1v) is 15.6. The van der Waals surface area contributed by atoms with E-state index in [4.69, 9.17) is 13.9 Å². The number of ether oxygens (including phenoxy) is 2. The normalized spacial score (nSPS) is 14.8. The standard InChI is InChI=1S/C38H37N3O4/c42-38(41-22-20-40(21-23-41)37(31-12-6-2-7-13-31)32-14-8-3-9-15-32)35-19-17-33(45-35)27-39(25-29-10-4-1-5-11-29)26-30-16-18-34-36(24-30)44-28-43-34/h1-19,24,37H,20-23,25-28H2. The average Bonchev–Trinajstić information content (AvgIpc) is 3.76. The third-order valence-electron chi connectivity index (χ3n) is 8.54. The molecule has 1 aromatic heterocycles. The van der Waals surface area contributed by atoms with Gasteiger partial charge in [-0.3, -0.25) is 14.6 Å². The van der Waals surface area contributed by atoms with E-state index in [0.717, 1.165) is 42.5 Å². The molecule has 228 valence electrons. The van der Waals surface area contributed by atoms with Gasteiger partial charge in [-0.05, 0) is 46.5 Å². The maximum atomic E-state index is 13.6. The van der Waals surface area contributed by atoms with Gasteiger partial charge in [0, 0.05) is 39.3 Å². The summed E-state index contributed by atoms with van der Waals surface area (Å²) < 4.78 is 17.3. The number of hydrogen-bond donors (Lipinski definition) is 0. The molecule has 7 rings (SSSR count). The van der Waals surface area contributed by atoms with E-state index in [-0.39, 0.29) is 18.7 Å². The Bertz CT molecular complexity index is 1660. The second kappa shape index (κ2) is 13.4. The van der Waals surface area contributed by atoms with Crippen LogP contribution >= 0.6 is 0 Å². The highest BCUT2D eigenvalue weighted by Gasteiger charge is 2.29. The van der Waals surface area contributed by atoms with Crippen LogP contribution in [0, 0.1) is 0 Å². The van der Waals surface area contributed by atoms with Crippen LogP contribution in [0.4, 0.5) is 0 Å². The van der Waals surface area contributed by atoms with Gasteiger partial charge in [0.2, 0.25) is 6.79 Å². The molecule has 0 bridgehead atoms. The molecule has 0 saturated carbocycles. The highest BCUT2D eigenvalue weighted by atomic mass is 16.7. The molecule has 0 atom stereocenters. The fraction of sp³-hybridized carbons (Fsp3) is 0.237. The molecular formula is C38H37N3O4. The van der Waals surface area contributed by atoms with E-state index in [2.05, 4.69) is 101 Å². The molecule has 2 aliphatic rings. The van der Waals surface area contributed by atoms with Crippen LogP contribution < -0.4 is 9.47 Å². The van der Waals surface area contributed by atoms with E-state index in [1.54, 1.807) is 0 Å². The summed E-state index contributed by atoms with van der Waals surface area (Å²) in [5.74, 6) is 2.66. The second-order valence-corrected chi connectivity index (χ2v) is 11.6. The zero-order valence-electron chi connectivity index (χ0n) is 25.3. The van der Waals surface area contributed by atoms with Crippen LogP contribution in [0.25, 0.3) is 0 Å². The van der Waals surface area contributed by atoms with Gasteiger partial charge in [0.1, 0.15) is 5.76 Å². The lowest BCUT2D eigenvalue weighted by Crippen LogP contribution is -2.49. The lowest BCUT2D eigenvalue weighted by Gasteiger charge is -2.39. The van der Waals surface area contributed by atoms with Crippen LogP contribution in [0.1, 0.15) is 44.6 Å². The van der Waals surface area contributed by atoms with E-state index in [9.17, 15) is 4.79 Å². The van der Waals surface area contributed by atoms with E-state index in [1.165, 1.54) is 16.7 Å². The van der Waals surface area contributed by atoms with Crippen molar-refractivity contribution in [3.8, 4) is 11.5 Å². The first-order valence-electron chi connectivity index (χ1n) is 15.6. The second-order valence-electron chi connectivity index (χ2n) is 11.6. The molecule has 1 saturated heterocycles. The summed E-state index contributed by atoms with van der Waals surface area (Å²) in [6.07, 6.45) is 0. The molecule has 0 N–H and O–H groups in total. The van der Waals surface area contributed by atoms with Gasteiger partial charge in [0.25, 0.3) is 5.91 Å². The van der Waals surface area contributed by atoms with Gasteiger partial charge in [0.15, 0.2) is 17.3 Å². The molecule has 1 amide bonds. The molecule has 1 fully saturated rings. The van der Waals surface area contributed by atoms with Crippen LogP contribution in [-0.2, 0) is 19.6 Å². The molecule has 4 aromatic carbocycles. The number of amides is 1. The zero-order valence-corrected chi connectivity index (χ0v) is 25.3. The van der Waals surface area contributed by atoms with Crippen LogP contribution in [0.15, 0.2) is 126 Å². The minimum atomic E-state index is -0.0535. The van der Waals surface area contributed by atoms with Crippen molar-refractivity contribution >= 4 is 5.91 Å². The Morgan fingerprint density at radius 1 is 0.644 bits per heavy atom. The highest BCUT2D eigenvalue weighted by Crippen LogP contribution is 2.33. The van der Waals surface area contributed by atoms with Crippen LogP contribution in [0.5, 0.6) is 11.5 Å². The molecule has 0 unspecified atom stereocenters. The Morgan fingerprint density at radius 2 is 1.27 bits per heavy atom. The third kappa shape index (κ3) is 6.80. The SMILES string of the molecule is O=C(c1ccc(CN(Cc2ccccc2)Cc2ccc3c(c2)OCO3)o1)N1CCN(C(c2ccccc2)c2ccccc2)CC1. The summed E-state index contributed by atoms with van der Waals surface area (Å²) in [4.78, 5) is 20.3. The molecule has 0 aliphatic carbocycles. The van der Waals surface area contributed by atoms with Gasteiger partial charge in [-0.1, -0.05) is 97.1 Å². The summed E-state index contributed by atoms with van der Waals surface area (Å²) >= 11 is 0. The topological polar surface area (TPSA) is 58.4 Å². The van der Waals surface area contributed by atoms with Gasteiger partial charge in [-0.2, -0.15) is 0 Å². The summed E-state index contributed by atoms with van der Waals surface area (Å²) in [6, 6.07) is 41.6. The molecule has 0 radical (unpaired) electrons. The van der Waals surface area contributed by atoms with Gasteiger partial charge in [-0.15, -0.1) is 0 Å². The Hall–Kier alpha value is -4.85. The highest BCUT2D eigenvalue weighted by molar-refractivity contribution is 5.91. The van der Waals surface area contributed by atoms with Gasteiger partial charge in [0.05, 0.1) is 12.6 Å². The smallest absolute Gasteiger partial charge is 0.289 e.